The molecule has 4 heteroatoms. The van der Waals surface area contributed by atoms with E-state index in [1.165, 1.54) is 11.1 Å². The van der Waals surface area contributed by atoms with Crippen LogP contribution in [0, 0.1) is 6.92 Å². The average molecular weight is 311 g/mol. The zero-order valence-corrected chi connectivity index (χ0v) is 13.2. The highest BCUT2D eigenvalue weighted by Gasteiger charge is 2.26. The molecular weight excluding hydrogens is 290 g/mol. The number of amides is 1. The van der Waals surface area contributed by atoms with Crippen molar-refractivity contribution in [3.05, 3.63) is 59.7 Å². The van der Waals surface area contributed by atoms with E-state index in [4.69, 9.17) is 9.47 Å². The van der Waals surface area contributed by atoms with Crippen molar-refractivity contribution < 1.29 is 14.3 Å². The lowest BCUT2D eigenvalue weighted by Gasteiger charge is -2.25. The first kappa shape index (κ1) is 15.4. The fourth-order valence-electron chi connectivity index (χ4n) is 2.52. The summed E-state index contributed by atoms with van der Waals surface area (Å²) in [6.07, 6.45) is 1.27. The van der Waals surface area contributed by atoms with Gasteiger partial charge in [0.2, 0.25) is 6.10 Å². The van der Waals surface area contributed by atoms with E-state index in [9.17, 15) is 4.79 Å². The zero-order chi connectivity index (χ0) is 16.1. The fraction of sp³-hybridized carbons (Fsp3) is 0.316. The van der Waals surface area contributed by atoms with Crippen molar-refractivity contribution in [2.75, 3.05) is 13.2 Å². The Hall–Kier alpha value is -2.49. The molecule has 2 aromatic carbocycles. The molecule has 2 aromatic rings. The molecule has 1 aliphatic heterocycles. The SMILES string of the molecule is Cc1ccc(CCCNC(=O)[C@H]2COc3ccccc3O2)cc1. The third kappa shape index (κ3) is 4.03. The van der Waals surface area contributed by atoms with E-state index in [0.717, 1.165) is 12.8 Å². The van der Waals surface area contributed by atoms with E-state index >= 15 is 0 Å². The maximum absolute atomic E-state index is 12.1. The van der Waals surface area contributed by atoms with Gasteiger partial charge in [0.15, 0.2) is 11.5 Å². The van der Waals surface area contributed by atoms with Crippen LogP contribution in [0.15, 0.2) is 48.5 Å². The minimum absolute atomic E-state index is 0.122. The molecule has 0 spiro atoms. The molecule has 1 N–H and O–H groups in total. The number of carbonyl (C=O) groups excluding carboxylic acids is 1. The molecule has 0 aromatic heterocycles. The molecule has 0 unspecified atom stereocenters. The number of carbonyl (C=O) groups is 1. The first-order valence-corrected chi connectivity index (χ1v) is 7.94. The molecule has 0 saturated carbocycles. The van der Waals surface area contributed by atoms with Gasteiger partial charge in [-0.15, -0.1) is 0 Å². The van der Waals surface area contributed by atoms with Gasteiger partial charge in [-0.2, -0.15) is 0 Å². The van der Waals surface area contributed by atoms with Crippen molar-refractivity contribution in [1.82, 2.24) is 5.32 Å². The maximum Gasteiger partial charge on any atom is 0.264 e. The highest BCUT2D eigenvalue weighted by molar-refractivity contribution is 5.81. The molecule has 1 atom stereocenters. The summed E-state index contributed by atoms with van der Waals surface area (Å²) in [5, 5.41) is 2.92. The summed E-state index contributed by atoms with van der Waals surface area (Å²) < 4.78 is 11.2. The lowest BCUT2D eigenvalue weighted by Crippen LogP contribution is -2.44. The molecule has 0 saturated heterocycles. The number of hydrogen-bond acceptors (Lipinski definition) is 3. The number of hydrogen-bond donors (Lipinski definition) is 1. The summed E-state index contributed by atoms with van der Waals surface area (Å²) >= 11 is 0. The van der Waals surface area contributed by atoms with E-state index in [-0.39, 0.29) is 12.5 Å². The lowest BCUT2D eigenvalue weighted by molar-refractivity contribution is -0.130. The monoisotopic (exact) mass is 311 g/mol. The lowest BCUT2D eigenvalue weighted by atomic mass is 10.1. The second-order valence-electron chi connectivity index (χ2n) is 5.74. The predicted molar refractivity (Wildman–Crippen MR) is 88.9 cm³/mol. The number of fused-ring (bicyclic) bond motifs is 1. The number of ether oxygens (including phenoxy) is 2. The second kappa shape index (κ2) is 7.18. The van der Waals surface area contributed by atoms with Gasteiger partial charge < -0.3 is 14.8 Å². The number of para-hydroxylation sites is 2. The predicted octanol–water partition coefficient (Wildman–Crippen LogP) is 2.88. The molecule has 0 aliphatic carbocycles. The first-order valence-electron chi connectivity index (χ1n) is 7.94. The summed E-state index contributed by atoms with van der Waals surface area (Å²) in [4.78, 5) is 12.1. The third-order valence-electron chi connectivity index (χ3n) is 3.86. The van der Waals surface area contributed by atoms with Crippen LogP contribution >= 0.6 is 0 Å². The standard InChI is InChI=1S/C19H21NO3/c1-14-8-10-15(11-9-14)5-4-12-20-19(21)18-13-22-16-6-2-3-7-17(16)23-18/h2-3,6-11,18H,4-5,12-13H2,1H3,(H,20,21)/t18-/m1/s1. The summed E-state index contributed by atoms with van der Waals surface area (Å²) in [7, 11) is 0. The molecule has 1 amide bonds. The van der Waals surface area contributed by atoms with E-state index in [0.29, 0.717) is 18.0 Å². The minimum Gasteiger partial charge on any atom is -0.485 e. The summed E-state index contributed by atoms with van der Waals surface area (Å²) in [6, 6.07) is 15.9. The van der Waals surface area contributed by atoms with Gasteiger partial charge in [0, 0.05) is 6.54 Å². The Balaban J connectivity index is 1.42. The van der Waals surface area contributed by atoms with Crippen LogP contribution in [0.1, 0.15) is 17.5 Å². The molecule has 0 bridgehead atoms. The largest absolute Gasteiger partial charge is 0.485 e. The Morgan fingerprint density at radius 1 is 1.13 bits per heavy atom. The van der Waals surface area contributed by atoms with Crippen LogP contribution in [0.5, 0.6) is 11.5 Å². The number of benzene rings is 2. The highest BCUT2D eigenvalue weighted by atomic mass is 16.6. The number of aryl methyl sites for hydroxylation is 2. The van der Waals surface area contributed by atoms with E-state index < -0.39 is 6.10 Å². The molecular formula is C19H21NO3. The summed E-state index contributed by atoms with van der Waals surface area (Å²) in [6.45, 7) is 2.96. The number of nitrogens with one attached hydrogen (secondary N) is 1. The van der Waals surface area contributed by atoms with Crippen molar-refractivity contribution in [3.63, 3.8) is 0 Å². The Kier molecular flexibility index (Phi) is 4.81. The van der Waals surface area contributed by atoms with Crippen molar-refractivity contribution in [2.45, 2.75) is 25.9 Å². The van der Waals surface area contributed by atoms with Crippen molar-refractivity contribution in [3.8, 4) is 11.5 Å². The summed E-state index contributed by atoms with van der Waals surface area (Å²) in [5.74, 6) is 1.19. The molecule has 1 heterocycles. The Morgan fingerprint density at radius 3 is 2.65 bits per heavy atom. The smallest absolute Gasteiger partial charge is 0.264 e. The maximum atomic E-state index is 12.1. The topological polar surface area (TPSA) is 47.6 Å². The van der Waals surface area contributed by atoms with Crippen molar-refractivity contribution >= 4 is 5.91 Å². The van der Waals surface area contributed by atoms with Gasteiger partial charge in [-0.3, -0.25) is 4.79 Å². The number of rotatable bonds is 5. The third-order valence-corrected chi connectivity index (χ3v) is 3.86. The zero-order valence-electron chi connectivity index (χ0n) is 13.2. The van der Waals surface area contributed by atoms with Crippen LogP contribution in [0.25, 0.3) is 0 Å². The van der Waals surface area contributed by atoms with Crippen LogP contribution < -0.4 is 14.8 Å². The van der Waals surface area contributed by atoms with Crippen molar-refractivity contribution in [2.24, 2.45) is 0 Å². The molecule has 4 nitrogen and oxygen atoms in total. The Labute approximate surface area is 136 Å². The van der Waals surface area contributed by atoms with Crippen molar-refractivity contribution in [1.29, 1.82) is 0 Å². The first-order chi connectivity index (χ1) is 11.2. The minimum atomic E-state index is -0.579. The van der Waals surface area contributed by atoms with Gasteiger partial charge in [-0.05, 0) is 37.5 Å². The molecule has 120 valence electrons. The molecule has 0 fully saturated rings. The van der Waals surface area contributed by atoms with Crippen LogP contribution in [0.3, 0.4) is 0 Å². The quantitative estimate of drug-likeness (QED) is 0.864. The molecule has 1 aliphatic rings. The van der Waals surface area contributed by atoms with E-state index in [1.54, 1.807) is 0 Å². The van der Waals surface area contributed by atoms with Gasteiger partial charge in [0.1, 0.15) is 6.61 Å². The van der Waals surface area contributed by atoms with Crippen LogP contribution in [0.4, 0.5) is 0 Å². The van der Waals surface area contributed by atoms with E-state index in [1.807, 2.05) is 24.3 Å². The Bertz CT molecular complexity index is 667. The fourth-order valence-corrected chi connectivity index (χ4v) is 2.52. The van der Waals surface area contributed by atoms with Crippen LogP contribution in [-0.4, -0.2) is 25.2 Å². The van der Waals surface area contributed by atoms with Crippen LogP contribution in [0.2, 0.25) is 0 Å². The van der Waals surface area contributed by atoms with Gasteiger partial charge in [0.05, 0.1) is 0 Å². The Morgan fingerprint density at radius 2 is 1.87 bits per heavy atom. The normalized spacial score (nSPS) is 16.0. The van der Waals surface area contributed by atoms with Gasteiger partial charge in [-0.25, -0.2) is 0 Å². The summed E-state index contributed by atoms with van der Waals surface area (Å²) in [5.41, 5.74) is 2.55. The van der Waals surface area contributed by atoms with Crippen LogP contribution in [-0.2, 0) is 11.2 Å². The second-order valence-corrected chi connectivity index (χ2v) is 5.74. The molecule has 0 radical (unpaired) electrons. The van der Waals surface area contributed by atoms with Gasteiger partial charge in [0.25, 0.3) is 5.91 Å². The van der Waals surface area contributed by atoms with Gasteiger partial charge >= 0.3 is 0 Å². The van der Waals surface area contributed by atoms with E-state index in [2.05, 4.69) is 36.5 Å². The molecule has 23 heavy (non-hydrogen) atoms. The molecule has 3 rings (SSSR count). The van der Waals surface area contributed by atoms with Gasteiger partial charge in [-0.1, -0.05) is 42.0 Å². The average Bonchev–Trinajstić information content (AvgIpc) is 2.59. The highest BCUT2D eigenvalue weighted by Crippen LogP contribution is 2.30.